The highest BCUT2D eigenvalue weighted by molar-refractivity contribution is 5.78. The number of hydrogen-bond donors (Lipinski definition) is 4. The molecule has 21 heavy (non-hydrogen) atoms. The molecule has 1 heterocycles. The molecule has 0 unspecified atom stereocenters. The van der Waals surface area contributed by atoms with Gasteiger partial charge in [-0.15, -0.1) is 0 Å². The fourth-order valence-corrected chi connectivity index (χ4v) is 2.28. The molecule has 0 fully saturated rings. The quantitative estimate of drug-likeness (QED) is 0.561. The van der Waals surface area contributed by atoms with Crippen LogP contribution >= 0.6 is 0 Å². The fourth-order valence-electron chi connectivity index (χ4n) is 2.28. The van der Waals surface area contributed by atoms with Crippen LogP contribution in [-0.2, 0) is 6.54 Å². The average molecular weight is 291 g/mol. The van der Waals surface area contributed by atoms with E-state index in [-0.39, 0.29) is 13.2 Å². The largest absolute Gasteiger partial charge is 0.464 e. The van der Waals surface area contributed by atoms with E-state index in [0.717, 1.165) is 16.8 Å². The van der Waals surface area contributed by atoms with E-state index in [1.807, 2.05) is 23.1 Å². The number of furan rings is 1. The lowest BCUT2D eigenvalue weighted by Gasteiger charge is -2.23. The summed E-state index contributed by atoms with van der Waals surface area (Å²) in [5, 5.41) is 18.3. The highest BCUT2D eigenvalue weighted by Gasteiger charge is 2.14. The van der Waals surface area contributed by atoms with Crippen molar-refractivity contribution < 1.29 is 14.6 Å². The predicted molar refractivity (Wildman–Crippen MR) is 82.8 cm³/mol. The van der Waals surface area contributed by atoms with Gasteiger partial charge in [-0.1, -0.05) is 0 Å². The third kappa shape index (κ3) is 3.36. The summed E-state index contributed by atoms with van der Waals surface area (Å²) in [4.78, 5) is 1.88. The second kappa shape index (κ2) is 7.12. The number of nitrogens with two attached hydrogens (primary N) is 2. The van der Waals surface area contributed by atoms with Crippen molar-refractivity contribution in [3.63, 3.8) is 0 Å². The van der Waals surface area contributed by atoms with Crippen molar-refractivity contribution in [2.75, 3.05) is 36.9 Å². The predicted octanol–water partition coefficient (Wildman–Crippen LogP) is 0.779. The molecule has 1 aromatic heterocycles. The molecule has 0 aliphatic rings. The summed E-state index contributed by atoms with van der Waals surface area (Å²) in [5.41, 5.74) is 14.8. The van der Waals surface area contributed by atoms with Gasteiger partial charge < -0.3 is 31.0 Å². The second-order valence-electron chi connectivity index (χ2n) is 4.68. The first-order valence-electron chi connectivity index (χ1n) is 6.84. The monoisotopic (exact) mass is 291 g/mol. The lowest BCUT2D eigenvalue weighted by Crippen LogP contribution is -2.29. The molecule has 0 aliphatic heterocycles. The molecule has 0 aliphatic carbocycles. The smallest absolute Gasteiger partial charge is 0.140 e. The molecule has 0 atom stereocenters. The summed E-state index contributed by atoms with van der Waals surface area (Å²) in [6, 6.07) is 7.35. The van der Waals surface area contributed by atoms with Gasteiger partial charge in [0.15, 0.2) is 0 Å². The van der Waals surface area contributed by atoms with E-state index in [0.29, 0.717) is 31.1 Å². The number of nitrogen functional groups attached to an aromatic ring is 1. The molecule has 2 aromatic rings. The zero-order valence-corrected chi connectivity index (χ0v) is 11.8. The van der Waals surface area contributed by atoms with Crippen LogP contribution in [0.5, 0.6) is 0 Å². The van der Waals surface area contributed by atoms with Gasteiger partial charge in [-0.2, -0.15) is 0 Å². The van der Waals surface area contributed by atoms with Crippen molar-refractivity contribution in [3.05, 3.63) is 36.1 Å². The summed E-state index contributed by atoms with van der Waals surface area (Å²) in [7, 11) is 0. The lowest BCUT2D eigenvalue weighted by atomic mass is 10.1. The molecule has 6 heteroatoms. The fraction of sp³-hybridized carbons (Fsp3) is 0.333. The Morgan fingerprint density at radius 2 is 1.81 bits per heavy atom. The minimum atomic E-state index is 0.00844. The van der Waals surface area contributed by atoms with Crippen molar-refractivity contribution >= 4 is 11.4 Å². The molecule has 2 rings (SSSR count). The lowest BCUT2D eigenvalue weighted by molar-refractivity contribution is 0.281. The first kappa shape index (κ1) is 15.4. The van der Waals surface area contributed by atoms with E-state index in [2.05, 4.69) is 0 Å². The zero-order valence-electron chi connectivity index (χ0n) is 11.8. The summed E-state index contributed by atoms with van der Waals surface area (Å²) >= 11 is 0. The molecule has 0 amide bonds. The topological polar surface area (TPSA) is 109 Å². The second-order valence-corrected chi connectivity index (χ2v) is 4.68. The maximum Gasteiger partial charge on any atom is 0.140 e. The van der Waals surface area contributed by atoms with Gasteiger partial charge in [-0.25, -0.2) is 0 Å². The van der Waals surface area contributed by atoms with Crippen LogP contribution in [0.1, 0.15) is 5.56 Å². The number of anilines is 2. The molecule has 6 N–H and O–H groups in total. The minimum Gasteiger partial charge on any atom is -0.464 e. The van der Waals surface area contributed by atoms with Crippen LogP contribution in [0.4, 0.5) is 11.4 Å². The van der Waals surface area contributed by atoms with Gasteiger partial charge in [0.25, 0.3) is 0 Å². The zero-order chi connectivity index (χ0) is 15.2. The Morgan fingerprint density at radius 1 is 1.10 bits per heavy atom. The molecular formula is C15H21N3O3. The highest BCUT2D eigenvalue weighted by atomic mass is 16.3. The Kier molecular flexibility index (Phi) is 5.21. The van der Waals surface area contributed by atoms with E-state index >= 15 is 0 Å². The number of rotatable bonds is 7. The standard InChI is InChI=1S/C15H21N3O3/c16-10-11-3-8-21-15(11)13-9-12(1-2-14(13)17)18(4-6-19)5-7-20/h1-3,8-9,19-20H,4-7,10,16-17H2. The molecule has 114 valence electrons. The van der Waals surface area contributed by atoms with Crippen molar-refractivity contribution in [3.8, 4) is 11.3 Å². The maximum absolute atomic E-state index is 9.13. The molecule has 0 radical (unpaired) electrons. The number of aliphatic hydroxyl groups is 2. The van der Waals surface area contributed by atoms with Gasteiger partial charge >= 0.3 is 0 Å². The van der Waals surface area contributed by atoms with Crippen LogP contribution in [-0.4, -0.2) is 36.5 Å². The van der Waals surface area contributed by atoms with Crippen LogP contribution in [0.3, 0.4) is 0 Å². The molecular weight excluding hydrogens is 270 g/mol. The minimum absolute atomic E-state index is 0.00844. The molecule has 0 saturated heterocycles. The number of hydrogen-bond acceptors (Lipinski definition) is 6. The normalized spacial score (nSPS) is 10.8. The molecule has 1 aromatic carbocycles. The van der Waals surface area contributed by atoms with E-state index < -0.39 is 0 Å². The first-order chi connectivity index (χ1) is 10.2. The van der Waals surface area contributed by atoms with Crippen molar-refractivity contribution in [2.24, 2.45) is 5.73 Å². The molecule has 6 nitrogen and oxygen atoms in total. The van der Waals surface area contributed by atoms with Gasteiger partial charge in [0.05, 0.1) is 19.5 Å². The van der Waals surface area contributed by atoms with Crippen LogP contribution in [0.25, 0.3) is 11.3 Å². The Balaban J connectivity index is 2.41. The third-order valence-corrected chi connectivity index (χ3v) is 3.35. The summed E-state index contributed by atoms with van der Waals surface area (Å²) in [6.45, 7) is 1.26. The van der Waals surface area contributed by atoms with E-state index in [4.69, 9.17) is 26.1 Å². The van der Waals surface area contributed by atoms with E-state index in [1.54, 1.807) is 12.3 Å². The van der Waals surface area contributed by atoms with Crippen molar-refractivity contribution in [2.45, 2.75) is 6.54 Å². The molecule has 0 saturated carbocycles. The van der Waals surface area contributed by atoms with Crippen molar-refractivity contribution in [1.29, 1.82) is 0 Å². The van der Waals surface area contributed by atoms with E-state index in [1.165, 1.54) is 0 Å². The van der Waals surface area contributed by atoms with Crippen LogP contribution in [0.15, 0.2) is 34.9 Å². The number of nitrogens with zero attached hydrogens (tertiary/aromatic N) is 1. The summed E-state index contributed by atoms with van der Waals surface area (Å²) < 4.78 is 5.50. The van der Waals surface area contributed by atoms with Crippen LogP contribution < -0.4 is 16.4 Å². The van der Waals surface area contributed by atoms with Crippen molar-refractivity contribution in [1.82, 2.24) is 0 Å². The molecule has 0 spiro atoms. The Labute approximate surface area is 123 Å². The Morgan fingerprint density at radius 3 is 2.43 bits per heavy atom. The Hall–Kier alpha value is -2.02. The van der Waals surface area contributed by atoms with E-state index in [9.17, 15) is 0 Å². The van der Waals surface area contributed by atoms with Gasteiger partial charge in [-0.3, -0.25) is 0 Å². The van der Waals surface area contributed by atoms with Gasteiger partial charge in [0.2, 0.25) is 0 Å². The van der Waals surface area contributed by atoms with Gasteiger partial charge in [0.1, 0.15) is 5.76 Å². The van der Waals surface area contributed by atoms with Crippen LogP contribution in [0.2, 0.25) is 0 Å². The first-order valence-corrected chi connectivity index (χ1v) is 6.84. The highest BCUT2D eigenvalue weighted by Crippen LogP contribution is 2.33. The third-order valence-electron chi connectivity index (χ3n) is 3.35. The van der Waals surface area contributed by atoms with Gasteiger partial charge in [0, 0.05) is 42.1 Å². The number of benzene rings is 1. The summed E-state index contributed by atoms with van der Waals surface area (Å²) in [6.07, 6.45) is 1.59. The SMILES string of the molecule is NCc1ccoc1-c1cc(N(CCO)CCO)ccc1N. The summed E-state index contributed by atoms with van der Waals surface area (Å²) in [5.74, 6) is 0.657. The average Bonchev–Trinajstić information content (AvgIpc) is 2.96. The Bertz CT molecular complexity index is 577. The van der Waals surface area contributed by atoms with Crippen LogP contribution in [0, 0.1) is 0 Å². The number of aliphatic hydroxyl groups excluding tert-OH is 2. The maximum atomic E-state index is 9.13. The molecule has 0 bridgehead atoms. The van der Waals surface area contributed by atoms with Gasteiger partial charge in [-0.05, 0) is 24.3 Å².